The van der Waals surface area contributed by atoms with Gasteiger partial charge in [-0.2, -0.15) is 0 Å². The van der Waals surface area contributed by atoms with Crippen molar-refractivity contribution >= 4 is 17.9 Å². The minimum atomic E-state index is -0.979. The van der Waals surface area contributed by atoms with Crippen molar-refractivity contribution in [1.29, 1.82) is 0 Å². The van der Waals surface area contributed by atoms with E-state index in [2.05, 4.69) is 11.9 Å². The third kappa shape index (κ3) is 3.95. The van der Waals surface area contributed by atoms with Crippen molar-refractivity contribution < 1.29 is 19.5 Å². The number of likely N-dealkylation sites (N-methyl/N-ethyl adjacent to an activating group) is 1. The molecule has 3 saturated heterocycles. The lowest BCUT2D eigenvalue weighted by Crippen LogP contribution is -2.63. The predicted molar refractivity (Wildman–Crippen MR) is 95.8 cm³/mol. The van der Waals surface area contributed by atoms with Crippen molar-refractivity contribution in [2.24, 2.45) is 0 Å². The molecule has 146 valence electrons. The molecule has 0 bridgehead atoms. The summed E-state index contributed by atoms with van der Waals surface area (Å²) in [5.41, 5.74) is -0.243. The standard InChI is InChI=1S/C18H30N4O4/c1-19-11-12-22(17(26)20-8-3-2-4-9-20)14-18(19)6-5-15(23)21(10-7-18)13-16(24)25/h2-14H2,1H3,(H,24,25). The maximum absolute atomic E-state index is 12.9. The zero-order valence-corrected chi connectivity index (χ0v) is 15.7. The van der Waals surface area contributed by atoms with Gasteiger partial charge in [-0.15, -0.1) is 0 Å². The molecule has 0 saturated carbocycles. The monoisotopic (exact) mass is 366 g/mol. The molecule has 3 rings (SSSR count). The molecule has 8 nitrogen and oxygen atoms in total. The number of carbonyl (C=O) groups excluding carboxylic acids is 2. The highest BCUT2D eigenvalue weighted by molar-refractivity contribution is 5.81. The Morgan fingerprint density at radius 1 is 1.00 bits per heavy atom. The fourth-order valence-corrected chi connectivity index (χ4v) is 4.47. The topological polar surface area (TPSA) is 84.4 Å². The number of amides is 3. The van der Waals surface area contributed by atoms with Gasteiger partial charge in [0.2, 0.25) is 5.91 Å². The Kier molecular flexibility index (Phi) is 5.70. The average molecular weight is 366 g/mol. The molecule has 3 heterocycles. The quantitative estimate of drug-likeness (QED) is 0.777. The second kappa shape index (κ2) is 7.82. The number of hydrogen-bond acceptors (Lipinski definition) is 4. The zero-order valence-electron chi connectivity index (χ0n) is 15.7. The molecule has 0 aromatic heterocycles. The number of piperazine rings is 1. The van der Waals surface area contributed by atoms with Crippen molar-refractivity contribution in [3.8, 4) is 0 Å². The van der Waals surface area contributed by atoms with Crippen LogP contribution in [0.25, 0.3) is 0 Å². The van der Waals surface area contributed by atoms with E-state index in [4.69, 9.17) is 5.11 Å². The lowest BCUT2D eigenvalue weighted by atomic mass is 9.86. The van der Waals surface area contributed by atoms with Crippen molar-refractivity contribution in [3.05, 3.63) is 0 Å². The Morgan fingerprint density at radius 2 is 1.73 bits per heavy atom. The van der Waals surface area contributed by atoms with Crippen LogP contribution in [-0.2, 0) is 9.59 Å². The van der Waals surface area contributed by atoms with E-state index in [9.17, 15) is 14.4 Å². The summed E-state index contributed by atoms with van der Waals surface area (Å²) in [7, 11) is 2.06. The molecule has 0 aromatic rings. The molecule has 3 aliphatic heterocycles. The Labute approximate surface area is 154 Å². The Bertz CT molecular complexity index is 563. The van der Waals surface area contributed by atoms with E-state index < -0.39 is 5.97 Å². The van der Waals surface area contributed by atoms with Gasteiger partial charge in [-0.1, -0.05) is 0 Å². The van der Waals surface area contributed by atoms with Gasteiger partial charge in [-0.05, 0) is 39.2 Å². The highest BCUT2D eigenvalue weighted by atomic mass is 16.4. The van der Waals surface area contributed by atoms with E-state index in [-0.39, 0.29) is 24.0 Å². The number of urea groups is 1. The number of piperidine rings is 1. The van der Waals surface area contributed by atoms with Gasteiger partial charge in [0, 0.05) is 51.2 Å². The van der Waals surface area contributed by atoms with Crippen molar-refractivity contribution in [3.63, 3.8) is 0 Å². The molecule has 1 spiro atoms. The molecule has 26 heavy (non-hydrogen) atoms. The summed E-state index contributed by atoms with van der Waals surface area (Å²) in [5, 5.41) is 9.03. The van der Waals surface area contributed by atoms with E-state index in [0.717, 1.165) is 32.5 Å². The van der Waals surface area contributed by atoms with Gasteiger partial charge in [0.15, 0.2) is 0 Å². The second-order valence-corrected chi connectivity index (χ2v) is 7.86. The molecule has 3 fully saturated rings. The van der Waals surface area contributed by atoms with Crippen LogP contribution in [0.1, 0.15) is 38.5 Å². The van der Waals surface area contributed by atoms with Gasteiger partial charge in [-0.3, -0.25) is 14.5 Å². The molecular formula is C18H30N4O4. The highest BCUT2D eigenvalue weighted by Crippen LogP contribution is 2.32. The van der Waals surface area contributed by atoms with Crippen LogP contribution in [0.2, 0.25) is 0 Å². The van der Waals surface area contributed by atoms with Crippen LogP contribution in [0.5, 0.6) is 0 Å². The fourth-order valence-electron chi connectivity index (χ4n) is 4.47. The molecule has 1 atom stereocenters. The predicted octanol–water partition coefficient (Wildman–Crippen LogP) is 0.676. The normalized spacial score (nSPS) is 28.3. The number of likely N-dealkylation sites (tertiary alicyclic amines) is 2. The van der Waals surface area contributed by atoms with Gasteiger partial charge >= 0.3 is 12.0 Å². The number of carbonyl (C=O) groups is 3. The van der Waals surface area contributed by atoms with E-state index in [1.165, 1.54) is 11.3 Å². The van der Waals surface area contributed by atoms with Crippen LogP contribution in [0.15, 0.2) is 0 Å². The molecular weight excluding hydrogens is 336 g/mol. The van der Waals surface area contributed by atoms with E-state index in [0.29, 0.717) is 38.9 Å². The molecule has 0 aliphatic carbocycles. The first-order chi connectivity index (χ1) is 12.4. The summed E-state index contributed by atoms with van der Waals surface area (Å²) in [6, 6.07) is 0.121. The molecule has 0 aromatic carbocycles. The zero-order chi connectivity index (χ0) is 18.7. The van der Waals surface area contributed by atoms with Gasteiger partial charge < -0.3 is 19.8 Å². The fraction of sp³-hybridized carbons (Fsp3) is 0.833. The minimum Gasteiger partial charge on any atom is -0.480 e. The minimum absolute atomic E-state index is 0.0999. The number of aliphatic carboxylic acids is 1. The second-order valence-electron chi connectivity index (χ2n) is 7.86. The van der Waals surface area contributed by atoms with E-state index in [1.54, 1.807) is 0 Å². The summed E-state index contributed by atoms with van der Waals surface area (Å²) >= 11 is 0. The third-order valence-electron chi connectivity index (χ3n) is 6.23. The van der Waals surface area contributed by atoms with Gasteiger partial charge in [0.05, 0.1) is 0 Å². The number of carboxylic acid groups (broad SMARTS) is 1. The maximum atomic E-state index is 12.9. The largest absolute Gasteiger partial charge is 0.480 e. The molecule has 3 aliphatic rings. The van der Waals surface area contributed by atoms with Gasteiger partial charge in [0.1, 0.15) is 6.54 Å². The number of rotatable bonds is 2. The van der Waals surface area contributed by atoms with Crippen LogP contribution >= 0.6 is 0 Å². The van der Waals surface area contributed by atoms with Crippen LogP contribution in [0.4, 0.5) is 4.79 Å². The van der Waals surface area contributed by atoms with Crippen molar-refractivity contribution in [2.75, 3.05) is 52.9 Å². The van der Waals surface area contributed by atoms with Crippen LogP contribution in [0, 0.1) is 0 Å². The number of carboxylic acids is 1. The summed E-state index contributed by atoms with van der Waals surface area (Å²) in [5.74, 6) is -1.08. The SMILES string of the molecule is CN1CCN(C(=O)N2CCCCC2)CC12CCC(=O)N(CC(=O)O)CC2. The Balaban J connectivity index is 1.69. The third-order valence-corrected chi connectivity index (χ3v) is 6.23. The first-order valence-electron chi connectivity index (χ1n) is 9.66. The lowest BCUT2D eigenvalue weighted by molar-refractivity contribution is -0.144. The molecule has 1 unspecified atom stereocenters. The summed E-state index contributed by atoms with van der Waals surface area (Å²) < 4.78 is 0. The van der Waals surface area contributed by atoms with Crippen molar-refractivity contribution in [1.82, 2.24) is 19.6 Å². The first-order valence-corrected chi connectivity index (χ1v) is 9.66. The molecule has 3 amide bonds. The average Bonchev–Trinajstić information content (AvgIpc) is 2.78. The lowest BCUT2D eigenvalue weighted by Gasteiger charge is -2.50. The number of nitrogens with zero attached hydrogens (tertiary/aromatic N) is 4. The van der Waals surface area contributed by atoms with E-state index >= 15 is 0 Å². The highest BCUT2D eigenvalue weighted by Gasteiger charge is 2.44. The van der Waals surface area contributed by atoms with Crippen LogP contribution in [-0.4, -0.2) is 101 Å². The molecule has 1 N–H and O–H groups in total. The smallest absolute Gasteiger partial charge is 0.323 e. The summed E-state index contributed by atoms with van der Waals surface area (Å²) in [6.45, 7) is 3.97. The number of hydrogen-bond donors (Lipinski definition) is 1. The molecule has 8 heteroatoms. The summed E-state index contributed by atoms with van der Waals surface area (Å²) in [4.78, 5) is 43.9. The molecule has 0 radical (unpaired) electrons. The van der Waals surface area contributed by atoms with Crippen LogP contribution in [0.3, 0.4) is 0 Å². The van der Waals surface area contributed by atoms with Crippen LogP contribution < -0.4 is 0 Å². The first kappa shape index (κ1) is 18.9. The Morgan fingerprint density at radius 3 is 2.42 bits per heavy atom. The van der Waals surface area contributed by atoms with Gasteiger partial charge in [0.25, 0.3) is 0 Å². The Hall–Kier alpha value is -1.83. The summed E-state index contributed by atoms with van der Waals surface area (Å²) in [6.07, 6.45) is 5.04. The van der Waals surface area contributed by atoms with E-state index in [1.807, 2.05) is 9.80 Å². The van der Waals surface area contributed by atoms with Gasteiger partial charge in [-0.25, -0.2) is 4.79 Å². The maximum Gasteiger partial charge on any atom is 0.323 e. The van der Waals surface area contributed by atoms with Crippen molar-refractivity contribution in [2.45, 2.75) is 44.1 Å².